The molecule has 3 aliphatic rings. The van der Waals surface area contributed by atoms with Crippen molar-refractivity contribution < 1.29 is 27.8 Å². The molecule has 34 heavy (non-hydrogen) atoms. The van der Waals surface area contributed by atoms with E-state index < -0.39 is 36.2 Å². The summed E-state index contributed by atoms with van der Waals surface area (Å²) in [5, 5.41) is 15.3. The summed E-state index contributed by atoms with van der Waals surface area (Å²) < 4.78 is 43.8. The topological polar surface area (TPSA) is 86.2 Å². The number of fused-ring (bicyclic) bond motifs is 2. The highest BCUT2D eigenvalue weighted by atomic mass is 35.5. The molecule has 1 aliphatic carbocycles. The van der Waals surface area contributed by atoms with E-state index in [2.05, 4.69) is 15.5 Å². The van der Waals surface area contributed by atoms with Gasteiger partial charge in [-0.25, -0.2) is 4.99 Å². The smallest absolute Gasteiger partial charge is 0.416 e. The summed E-state index contributed by atoms with van der Waals surface area (Å²) in [7, 11) is 0. The van der Waals surface area contributed by atoms with Crippen molar-refractivity contribution in [3.63, 3.8) is 0 Å². The number of benzene rings is 2. The van der Waals surface area contributed by atoms with E-state index in [-0.39, 0.29) is 0 Å². The van der Waals surface area contributed by atoms with E-state index in [1.165, 1.54) is 0 Å². The van der Waals surface area contributed by atoms with E-state index in [4.69, 9.17) is 26.4 Å². The number of ether oxygens (including phenoxy) is 1. The summed E-state index contributed by atoms with van der Waals surface area (Å²) >= 11 is 6.18. The number of aliphatic hydroxyl groups excluding tert-OH is 1. The van der Waals surface area contributed by atoms with Crippen molar-refractivity contribution in [3.05, 3.63) is 53.1 Å². The average molecular weight is 495 g/mol. The zero-order valence-corrected chi connectivity index (χ0v) is 18.7. The Labute approximate surface area is 198 Å². The van der Waals surface area contributed by atoms with Crippen LogP contribution in [0, 0.1) is 5.92 Å². The van der Waals surface area contributed by atoms with E-state index in [1.54, 1.807) is 18.2 Å². The molecule has 3 N–H and O–H groups in total. The van der Waals surface area contributed by atoms with Crippen molar-refractivity contribution in [2.75, 3.05) is 26.2 Å². The molecule has 2 fully saturated rings. The minimum absolute atomic E-state index is 0.440. The number of amidine groups is 1. The van der Waals surface area contributed by atoms with Gasteiger partial charge in [-0.05, 0) is 36.8 Å². The number of amides is 1. The van der Waals surface area contributed by atoms with Crippen LogP contribution < -0.4 is 15.4 Å². The van der Waals surface area contributed by atoms with Gasteiger partial charge < -0.3 is 25.4 Å². The van der Waals surface area contributed by atoms with E-state index in [0.717, 1.165) is 5.56 Å². The van der Waals surface area contributed by atoms with Gasteiger partial charge in [0.1, 0.15) is 17.3 Å². The van der Waals surface area contributed by atoms with Crippen LogP contribution in [0.15, 0.2) is 47.5 Å². The fourth-order valence-electron chi connectivity index (χ4n) is 4.49. The van der Waals surface area contributed by atoms with Crippen LogP contribution in [0.25, 0.3) is 0 Å². The molecule has 2 aromatic carbocycles. The van der Waals surface area contributed by atoms with Gasteiger partial charge in [0.2, 0.25) is 5.91 Å². The van der Waals surface area contributed by atoms with Crippen molar-refractivity contribution in [2.24, 2.45) is 10.9 Å². The van der Waals surface area contributed by atoms with Gasteiger partial charge in [-0.2, -0.15) is 13.2 Å². The first-order chi connectivity index (χ1) is 16.2. The molecule has 7 nitrogen and oxygen atoms in total. The van der Waals surface area contributed by atoms with Crippen LogP contribution in [0.5, 0.6) is 11.5 Å². The van der Waals surface area contributed by atoms with Gasteiger partial charge in [0.15, 0.2) is 11.9 Å². The number of alkyl halides is 3. The van der Waals surface area contributed by atoms with Crippen LogP contribution >= 0.6 is 11.6 Å². The van der Waals surface area contributed by atoms with E-state index in [1.807, 2.05) is 24.3 Å². The van der Waals surface area contributed by atoms with Crippen LogP contribution in [-0.2, 0) is 4.79 Å². The van der Waals surface area contributed by atoms with Crippen LogP contribution in [0.2, 0.25) is 5.02 Å². The summed E-state index contributed by atoms with van der Waals surface area (Å²) in [5.41, 5.74) is 0.798. The Hall–Kier alpha value is -2.82. The van der Waals surface area contributed by atoms with Crippen LogP contribution in [0.3, 0.4) is 0 Å². The summed E-state index contributed by atoms with van der Waals surface area (Å²) in [4.78, 5) is 19.5. The van der Waals surface area contributed by atoms with Crippen molar-refractivity contribution in [3.8, 4) is 11.5 Å². The van der Waals surface area contributed by atoms with E-state index in [0.29, 0.717) is 54.1 Å². The highest BCUT2D eigenvalue weighted by Crippen LogP contribution is 2.46. The Morgan fingerprint density at radius 2 is 2.12 bits per heavy atom. The molecule has 0 aromatic heterocycles. The van der Waals surface area contributed by atoms with Gasteiger partial charge in [0.05, 0.1) is 18.0 Å². The molecule has 1 spiro atoms. The van der Waals surface area contributed by atoms with Gasteiger partial charge in [-0.15, -0.1) is 0 Å². The third-order valence-electron chi connectivity index (χ3n) is 6.37. The number of para-hydroxylation sites is 1. The number of carbonyl (C=O) groups is 1. The number of hydrogen-bond acceptors (Lipinski definition) is 6. The van der Waals surface area contributed by atoms with Crippen LogP contribution in [0.4, 0.5) is 18.9 Å². The van der Waals surface area contributed by atoms with Crippen molar-refractivity contribution >= 4 is 29.0 Å². The molecule has 3 atom stereocenters. The first-order valence-corrected chi connectivity index (χ1v) is 11.2. The number of piperazine rings is 1. The average Bonchev–Trinajstić information content (AvgIpc) is 3.52. The minimum Gasteiger partial charge on any atom is -0.454 e. The van der Waals surface area contributed by atoms with Gasteiger partial charge >= 0.3 is 6.18 Å². The molecule has 1 amide bonds. The molecule has 0 radical (unpaired) electrons. The molecular weight excluding hydrogens is 473 g/mol. The maximum absolute atomic E-state index is 12.6. The number of nitrogens with zero attached hydrogens (tertiary/aromatic N) is 2. The van der Waals surface area contributed by atoms with Crippen LogP contribution in [0.1, 0.15) is 12.0 Å². The Morgan fingerprint density at radius 3 is 2.91 bits per heavy atom. The highest BCUT2D eigenvalue weighted by molar-refractivity contribution is 6.31. The maximum Gasteiger partial charge on any atom is 0.416 e. The summed E-state index contributed by atoms with van der Waals surface area (Å²) in [6.07, 6.45) is -6.89. The van der Waals surface area contributed by atoms with Gasteiger partial charge in [0.25, 0.3) is 0 Å². The number of aliphatic hydroxyl groups is 1. The Balaban J connectivity index is 1.37. The quantitative estimate of drug-likeness (QED) is 0.610. The van der Waals surface area contributed by atoms with Crippen molar-refractivity contribution in [1.29, 1.82) is 0 Å². The molecule has 5 rings (SSSR count). The molecule has 180 valence electrons. The monoisotopic (exact) mass is 494 g/mol. The number of carbonyl (C=O) groups excluding carboxylic acids is 1. The number of hydrogen-bond donors (Lipinski definition) is 3. The fourth-order valence-corrected chi connectivity index (χ4v) is 4.66. The molecule has 2 aliphatic heterocycles. The molecule has 2 heterocycles. The number of aliphatic imine (C=N–C) groups is 1. The molecule has 0 bridgehead atoms. The molecule has 1 saturated heterocycles. The largest absolute Gasteiger partial charge is 0.454 e. The first kappa shape index (κ1) is 22.9. The second kappa shape index (κ2) is 8.44. The first-order valence-electron chi connectivity index (χ1n) is 10.8. The third-order valence-corrected chi connectivity index (χ3v) is 6.60. The van der Waals surface area contributed by atoms with Crippen molar-refractivity contribution in [2.45, 2.75) is 24.2 Å². The molecule has 2 aromatic rings. The lowest BCUT2D eigenvalue weighted by Gasteiger charge is -2.37. The predicted octanol–water partition coefficient (Wildman–Crippen LogP) is 3.23. The van der Waals surface area contributed by atoms with Gasteiger partial charge in [0, 0.05) is 30.2 Å². The summed E-state index contributed by atoms with van der Waals surface area (Å²) in [5.74, 6) is 0.873. The van der Waals surface area contributed by atoms with Crippen molar-refractivity contribution in [1.82, 2.24) is 15.5 Å². The Kier molecular flexibility index (Phi) is 5.70. The maximum atomic E-state index is 12.6. The lowest BCUT2D eigenvalue weighted by molar-refractivity contribution is -0.201. The number of rotatable bonds is 3. The normalized spacial score (nSPS) is 24.3. The number of halogens is 4. The highest BCUT2D eigenvalue weighted by Gasteiger charge is 2.60. The second-order valence-corrected chi connectivity index (χ2v) is 9.15. The SMILES string of the molecule is O=C(NCC(O)C(F)(F)F)C1C[C@]12CN(C1=Nc3cc(Cl)ccc3Oc3ccccc31)CCN2. The van der Waals surface area contributed by atoms with E-state index in [9.17, 15) is 18.0 Å². The lowest BCUT2D eigenvalue weighted by Crippen LogP contribution is -2.56. The molecule has 2 unspecified atom stereocenters. The zero-order chi connectivity index (χ0) is 24.1. The molecular formula is C23H22ClF3N4O3. The number of nitrogens with one attached hydrogen (secondary N) is 2. The minimum atomic E-state index is -4.78. The second-order valence-electron chi connectivity index (χ2n) is 8.71. The summed E-state index contributed by atoms with van der Waals surface area (Å²) in [6.45, 7) is 0.759. The fraction of sp³-hybridized carbons (Fsp3) is 0.391. The summed E-state index contributed by atoms with van der Waals surface area (Å²) in [6, 6.07) is 12.7. The molecule has 11 heteroatoms. The van der Waals surface area contributed by atoms with Gasteiger partial charge in [-0.1, -0.05) is 23.7 Å². The zero-order valence-electron chi connectivity index (χ0n) is 17.9. The van der Waals surface area contributed by atoms with E-state index >= 15 is 0 Å². The molecule has 1 saturated carbocycles. The third kappa shape index (κ3) is 4.33. The standard InChI is InChI=1S/C23H22ClF3N4O3/c24-13-5-6-18-16(9-13)30-20(14-3-1-2-4-17(14)34-18)31-8-7-29-22(12-31)10-15(22)21(33)28-11-19(32)23(25,26)27/h1-6,9,15,19,29,32H,7-8,10-12H2,(H,28,33)/t15?,19?,22-/m0/s1. The van der Waals surface area contributed by atoms with Crippen LogP contribution in [-0.4, -0.2) is 65.7 Å². The van der Waals surface area contributed by atoms with Gasteiger partial charge in [-0.3, -0.25) is 4.79 Å². The lowest BCUT2D eigenvalue weighted by atomic mass is 10.1. The predicted molar refractivity (Wildman–Crippen MR) is 120 cm³/mol. The Morgan fingerprint density at radius 1 is 1.32 bits per heavy atom. The Bertz CT molecular complexity index is 1160.